The van der Waals surface area contributed by atoms with E-state index < -0.39 is 5.97 Å². The van der Waals surface area contributed by atoms with Crippen LogP contribution < -0.4 is 0 Å². The lowest BCUT2D eigenvalue weighted by Gasteiger charge is -2.04. The predicted molar refractivity (Wildman–Crippen MR) is 46.1 cm³/mol. The average Bonchev–Trinajstić information content (AvgIpc) is 1.98. The minimum atomic E-state index is -1.10. The van der Waals surface area contributed by atoms with Gasteiger partial charge in [0, 0.05) is 11.6 Å². The van der Waals surface area contributed by atoms with Crippen molar-refractivity contribution in [1.29, 1.82) is 0 Å². The number of rotatable bonds is 2. The van der Waals surface area contributed by atoms with Gasteiger partial charge in [0.1, 0.15) is 11.5 Å². The third-order valence-electron chi connectivity index (χ3n) is 1.47. The van der Waals surface area contributed by atoms with Crippen LogP contribution in [0.5, 0.6) is 11.5 Å². The largest absolute Gasteiger partial charge is 0.508 e. The molecular formula is C8H7ClO4. The summed E-state index contributed by atoms with van der Waals surface area (Å²) in [6.45, 7) is 0. The number of benzene rings is 1. The summed E-state index contributed by atoms with van der Waals surface area (Å²) < 4.78 is 0. The number of aliphatic carboxylic acids is 1. The predicted octanol–water partition coefficient (Wildman–Crippen LogP) is 1.38. The Kier molecular flexibility index (Phi) is 2.63. The Hall–Kier alpha value is -1.42. The maximum absolute atomic E-state index is 10.3. The number of phenolic OH excluding ortho intramolecular Hbond substituents is 2. The van der Waals surface area contributed by atoms with E-state index in [1.165, 1.54) is 0 Å². The highest BCUT2D eigenvalue weighted by Gasteiger charge is 2.10. The lowest BCUT2D eigenvalue weighted by molar-refractivity contribution is -0.136. The number of halogens is 1. The third kappa shape index (κ3) is 2.26. The molecule has 0 aliphatic rings. The summed E-state index contributed by atoms with van der Waals surface area (Å²) in [6, 6.07) is 2.30. The Morgan fingerprint density at radius 1 is 1.38 bits per heavy atom. The highest BCUT2D eigenvalue weighted by atomic mass is 35.5. The number of carboxylic acids is 1. The first-order valence-corrected chi connectivity index (χ1v) is 3.80. The number of phenols is 2. The zero-order chi connectivity index (χ0) is 10.0. The first-order valence-electron chi connectivity index (χ1n) is 3.43. The van der Waals surface area contributed by atoms with Gasteiger partial charge >= 0.3 is 5.97 Å². The summed E-state index contributed by atoms with van der Waals surface area (Å²) in [5.74, 6) is -1.57. The summed E-state index contributed by atoms with van der Waals surface area (Å²) in [4.78, 5) is 10.3. The van der Waals surface area contributed by atoms with Crippen LogP contribution in [0.1, 0.15) is 5.56 Å². The molecule has 0 saturated carbocycles. The zero-order valence-corrected chi connectivity index (χ0v) is 7.25. The molecule has 4 nitrogen and oxygen atoms in total. The smallest absolute Gasteiger partial charge is 0.307 e. The summed E-state index contributed by atoms with van der Waals surface area (Å²) in [5, 5.41) is 26.7. The Balaban J connectivity index is 3.12. The van der Waals surface area contributed by atoms with Gasteiger partial charge in [-0.25, -0.2) is 0 Å². The minimum absolute atomic E-state index is 0.0590. The van der Waals surface area contributed by atoms with Crippen molar-refractivity contribution >= 4 is 17.6 Å². The van der Waals surface area contributed by atoms with Crippen molar-refractivity contribution in [2.24, 2.45) is 0 Å². The van der Waals surface area contributed by atoms with Gasteiger partial charge < -0.3 is 15.3 Å². The quantitative estimate of drug-likeness (QED) is 0.633. The van der Waals surface area contributed by atoms with Gasteiger partial charge in [-0.1, -0.05) is 11.6 Å². The van der Waals surface area contributed by atoms with Crippen LogP contribution in [0.3, 0.4) is 0 Å². The number of aromatic hydroxyl groups is 2. The third-order valence-corrected chi connectivity index (χ3v) is 1.76. The molecule has 0 aromatic heterocycles. The van der Waals surface area contributed by atoms with Crippen molar-refractivity contribution in [3.05, 3.63) is 22.7 Å². The number of carbonyl (C=O) groups is 1. The molecule has 0 aliphatic heterocycles. The highest BCUT2D eigenvalue weighted by molar-refractivity contribution is 6.32. The topological polar surface area (TPSA) is 77.8 Å². The van der Waals surface area contributed by atoms with E-state index >= 15 is 0 Å². The molecule has 0 spiro atoms. The number of hydrogen-bond acceptors (Lipinski definition) is 3. The van der Waals surface area contributed by atoms with Gasteiger partial charge in [-0.3, -0.25) is 4.79 Å². The van der Waals surface area contributed by atoms with Gasteiger partial charge in [-0.05, 0) is 6.07 Å². The summed E-state index contributed by atoms with van der Waals surface area (Å²) in [7, 11) is 0. The Morgan fingerprint density at radius 3 is 2.54 bits per heavy atom. The standard InChI is InChI=1S/C8H7ClO4/c9-6-3-5(10)1-4(8(6)13)2-7(11)12/h1,3,10,13H,2H2,(H,11,12). The Labute approximate surface area is 79.0 Å². The Bertz CT molecular complexity index is 348. The second-order valence-corrected chi connectivity index (χ2v) is 2.91. The molecule has 1 rings (SSSR count). The molecule has 0 atom stereocenters. The van der Waals surface area contributed by atoms with Crippen molar-refractivity contribution in [1.82, 2.24) is 0 Å². The van der Waals surface area contributed by atoms with Gasteiger partial charge in [0.05, 0.1) is 11.4 Å². The summed E-state index contributed by atoms with van der Waals surface area (Å²) in [6.07, 6.45) is -0.375. The van der Waals surface area contributed by atoms with Gasteiger partial charge in [0.2, 0.25) is 0 Å². The fourth-order valence-electron chi connectivity index (χ4n) is 0.938. The summed E-state index contributed by atoms with van der Waals surface area (Å²) in [5.41, 5.74) is 0.0949. The highest BCUT2D eigenvalue weighted by Crippen LogP contribution is 2.31. The van der Waals surface area contributed by atoms with Crippen LogP contribution in [-0.4, -0.2) is 21.3 Å². The second kappa shape index (κ2) is 3.53. The van der Waals surface area contributed by atoms with Crippen LogP contribution in [0.4, 0.5) is 0 Å². The van der Waals surface area contributed by atoms with E-state index in [4.69, 9.17) is 21.8 Å². The van der Waals surface area contributed by atoms with E-state index in [9.17, 15) is 9.90 Å². The van der Waals surface area contributed by atoms with Crippen LogP contribution in [0.25, 0.3) is 0 Å². The molecule has 0 radical (unpaired) electrons. The van der Waals surface area contributed by atoms with Crippen molar-refractivity contribution in [3.63, 3.8) is 0 Å². The molecule has 1 aromatic carbocycles. The van der Waals surface area contributed by atoms with Crippen LogP contribution in [0, 0.1) is 0 Å². The van der Waals surface area contributed by atoms with Crippen LogP contribution in [0.15, 0.2) is 12.1 Å². The summed E-state index contributed by atoms with van der Waals surface area (Å²) >= 11 is 5.50. The SMILES string of the molecule is O=C(O)Cc1cc(O)cc(Cl)c1O. The van der Waals surface area contributed by atoms with Gasteiger partial charge in [0.15, 0.2) is 0 Å². The zero-order valence-electron chi connectivity index (χ0n) is 6.49. The van der Waals surface area contributed by atoms with E-state index in [-0.39, 0.29) is 28.5 Å². The first-order chi connectivity index (χ1) is 6.00. The normalized spacial score (nSPS) is 9.92. The molecule has 3 N–H and O–H groups in total. The van der Waals surface area contributed by atoms with E-state index in [2.05, 4.69) is 0 Å². The van der Waals surface area contributed by atoms with Crippen LogP contribution in [-0.2, 0) is 11.2 Å². The molecule has 1 aromatic rings. The fourth-order valence-corrected chi connectivity index (χ4v) is 1.17. The van der Waals surface area contributed by atoms with Crippen molar-refractivity contribution < 1.29 is 20.1 Å². The van der Waals surface area contributed by atoms with Crippen molar-refractivity contribution in [2.45, 2.75) is 6.42 Å². The van der Waals surface area contributed by atoms with E-state index in [0.717, 1.165) is 12.1 Å². The molecule has 0 aliphatic carbocycles. The molecule has 70 valence electrons. The number of carboxylic acid groups (broad SMARTS) is 1. The molecule has 0 fully saturated rings. The molecular weight excluding hydrogens is 196 g/mol. The van der Waals surface area contributed by atoms with E-state index in [1.807, 2.05) is 0 Å². The molecule has 0 heterocycles. The van der Waals surface area contributed by atoms with Gasteiger partial charge in [-0.2, -0.15) is 0 Å². The molecule has 0 bridgehead atoms. The van der Waals surface area contributed by atoms with Crippen LogP contribution >= 0.6 is 11.6 Å². The minimum Gasteiger partial charge on any atom is -0.508 e. The molecule has 13 heavy (non-hydrogen) atoms. The van der Waals surface area contributed by atoms with Crippen LogP contribution in [0.2, 0.25) is 5.02 Å². The lowest BCUT2D eigenvalue weighted by atomic mass is 10.1. The van der Waals surface area contributed by atoms with Crippen molar-refractivity contribution in [2.75, 3.05) is 0 Å². The Morgan fingerprint density at radius 2 is 2.00 bits per heavy atom. The monoisotopic (exact) mass is 202 g/mol. The maximum Gasteiger partial charge on any atom is 0.307 e. The average molecular weight is 203 g/mol. The lowest BCUT2D eigenvalue weighted by Crippen LogP contribution is -2.00. The van der Waals surface area contributed by atoms with E-state index in [0.29, 0.717) is 0 Å². The van der Waals surface area contributed by atoms with E-state index in [1.54, 1.807) is 0 Å². The fraction of sp³-hybridized carbons (Fsp3) is 0.125. The molecule has 0 unspecified atom stereocenters. The second-order valence-electron chi connectivity index (χ2n) is 2.51. The molecule has 0 saturated heterocycles. The van der Waals surface area contributed by atoms with Gasteiger partial charge in [-0.15, -0.1) is 0 Å². The van der Waals surface area contributed by atoms with Crippen molar-refractivity contribution in [3.8, 4) is 11.5 Å². The van der Waals surface area contributed by atoms with Gasteiger partial charge in [0.25, 0.3) is 0 Å². The molecule has 0 amide bonds. The number of hydrogen-bond donors (Lipinski definition) is 3. The first kappa shape index (κ1) is 9.67. The maximum atomic E-state index is 10.3. The molecule has 5 heteroatoms.